The Morgan fingerprint density at radius 2 is 1.67 bits per heavy atom. The van der Waals surface area contributed by atoms with E-state index >= 15 is 0 Å². The quantitative estimate of drug-likeness (QED) is 0.534. The second-order valence-electron chi connectivity index (χ2n) is 4.25. The molecule has 0 bridgehead atoms. The largest absolute Gasteiger partial charge is 0.449 e. The zero-order valence-corrected chi connectivity index (χ0v) is 11.7. The van der Waals surface area contributed by atoms with E-state index in [4.69, 9.17) is 14.2 Å². The number of carbonyl (C=O) groups excluding carboxylic acids is 1. The third kappa shape index (κ3) is 13.2. The van der Waals surface area contributed by atoms with Crippen LogP contribution in [0.4, 0.5) is 4.79 Å². The number of alkyl carbamates (subject to hydrolysis) is 1. The summed E-state index contributed by atoms with van der Waals surface area (Å²) in [6, 6.07) is 0. The summed E-state index contributed by atoms with van der Waals surface area (Å²) in [5, 5.41) is 5.60. The van der Waals surface area contributed by atoms with Gasteiger partial charge in [0.2, 0.25) is 0 Å². The van der Waals surface area contributed by atoms with Crippen molar-refractivity contribution in [1.29, 1.82) is 0 Å². The van der Waals surface area contributed by atoms with Crippen molar-refractivity contribution < 1.29 is 19.0 Å². The minimum absolute atomic E-state index is 0.349. The number of carbonyl (C=O) groups is 1. The van der Waals surface area contributed by atoms with Crippen LogP contribution in [0, 0.1) is 5.92 Å². The maximum atomic E-state index is 11.1. The number of hydrogen-bond donors (Lipinski definition) is 2. The van der Waals surface area contributed by atoms with Crippen molar-refractivity contribution in [1.82, 2.24) is 10.6 Å². The maximum Gasteiger partial charge on any atom is 0.407 e. The summed E-state index contributed by atoms with van der Waals surface area (Å²) < 4.78 is 15.5. The first-order chi connectivity index (χ1) is 8.66. The molecule has 0 atom stereocenters. The van der Waals surface area contributed by atoms with Crippen LogP contribution in [0.5, 0.6) is 0 Å². The van der Waals surface area contributed by atoms with E-state index in [1.165, 1.54) is 0 Å². The standard InChI is InChI=1S/C12H26N2O4/c1-11(2)10-18-12(15)14-5-7-17-9-8-16-6-4-13-3/h11,13H,4-10H2,1-3H3,(H,14,15). The summed E-state index contributed by atoms with van der Waals surface area (Å²) in [5.74, 6) is 0.349. The zero-order chi connectivity index (χ0) is 13.6. The van der Waals surface area contributed by atoms with Gasteiger partial charge in [-0.3, -0.25) is 0 Å². The van der Waals surface area contributed by atoms with Gasteiger partial charge in [0, 0.05) is 13.1 Å². The molecule has 0 spiro atoms. The van der Waals surface area contributed by atoms with Crippen LogP contribution in [0.25, 0.3) is 0 Å². The van der Waals surface area contributed by atoms with Crippen molar-refractivity contribution in [3.05, 3.63) is 0 Å². The molecule has 0 aliphatic carbocycles. The van der Waals surface area contributed by atoms with Crippen LogP contribution in [0.1, 0.15) is 13.8 Å². The van der Waals surface area contributed by atoms with E-state index in [1.807, 2.05) is 20.9 Å². The average Bonchev–Trinajstić information content (AvgIpc) is 2.34. The summed E-state index contributed by atoms with van der Waals surface area (Å²) in [5.41, 5.74) is 0. The summed E-state index contributed by atoms with van der Waals surface area (Å²) in [4.78, 5) is 11.1. The van der Waals surface area contributed by atoms with E-state index in [0.29, 0.717) is 45.5 Å². The Morgan fingerprint density at radius 3 is 2.22 bits per heavy atom. The van der Waals surface area contributed by atoms with E-state index in [0.717, 1.165) is 6.54 Å². The van der Waals surface area contributed by atoms with Crippen molar-refractivity contribution in [2.24, 2.45) is 5.92 Å². The molecule has 0 aromatic rings. The highest BCUT2D eigenvalue weighted by Gasteiger charge is 2.02. The van der Waals surface area contributed by atoms with Gasteiger partial charge in [0.25, 0.3) is 0 Å². The maximum absolute atomic E-state index is 11.1. The van der Waals surface area contributed by atoms with Gasteiger partial charge in [0.1, 0.15) is 0 Å². The van der Waals surface area contributed by atoms with Gasteiger partial charge < -0.3 is 24.8 Å². The monoisotopic (exact) mass is 262 g/mol. The first-order valence-corrected chi connectivity index (χ1v) is 6.37. The van der Waals surface area contributed by atoms with Gasteiger partial charge in [0.15, 0.2) is 0 Å². The lowest BCUT2D eigenvalue weighted by Crippen LogP contribution is -2.29. The molecular formula is C12H26N2O4. The van der Waals surface area contributed by atoms with Gasteiger partial charge in [-0.25, -0.2) is 4.79 Å². The molecule has 18 heavy (non-hydrogen) atoms. The number of ether oxygens (including phenoxy) is 3. The second-order valence-corrected chi connectivity index (χ2v) is 4.25. The zero-order valence-electron chi connectivity index (χ0n) is 11.7. The van der Waals surface area contributed by atoms with Gasteiger partial charge in [0.05, 0.1) is 33.0 Å². The van der Waals surface area contributed by atoms with Crippen molar-refractivity contribution in [2.75, 3.05) is 53.2 Å². The summed E-state index contributed by atoms with van der Waals surface area (Å²) in [7, 11) is 1.88. The van der Waals surface area contributed by atoms with E-state index in [-0.39, 0.29) is 0 Å². The molecule has 108 valence electrons. The van der Waals surface area contributed by atoms with Crippen molar-refractivity contribution >= 4 is 6.09 Å². The molecule has 0 saturated heterocycles. The van der Waals surface area contributed by atoms with Crippen LogP contribution in [-0.4, -0.2) is 59.3 Å². The smallest absolute Gasteiger partial charge is 0.407 e. The Kier molecular flexibility index (Phi) is 12.0. The highest BCUT2D eigenvalue weighted by atomic mass is 16.5. The highest BCUT2D eigenvalue weighted by Crippen LogP contribution is 1.92. The van der Waals surface area contributed by atoms with Gasteiger partial charge in [-0.15, -0.1) is 0 Å². The lowest BCUT2D eigenvalue weighted by Gasteiger charge is -2.09. The molecular weight excluding hydrogens is 236 g/mol. The van der Waals surface area contributed by atoms with Gasteiger partial charge in [-0.2, -0.15) is 0 Å². The minimum atomic E-state index is -0.391. The molecule has 0 aromatic heterocycles. The Bertz CT molecular complexity index is 201. The topological polar surface area (TPSA) is 68.8 Å². The fraction of sp³-hybridized carbons (Fsp3) is 0.917. The Labute approximate surface area is 109 Å². The van der Waals surface area contributed by atoms with E-state index in [2.05, 4.69) is 10.6 Å². The summed E-state index contributed by atoms with van der Waals surface area (Å²) in [6.45, 7) is 7.95. The molecule has 6 heteroatoms. The summed E-state index contributed by atoms with van der Waals surface area (Å²) >= 11 is 0. The van der Waals surface area contributed by atoms with E-state index in [1.54, 1.807) is 0 Å². The number of rotatable bonds is 11. The predicted molar refractivity (Wildman–Crippen MR) is 69.8 cm³/mol. The fourth-order valence-corrected chi connectivity index (χ4v) is 1.01. The predicted octanol–water partition coefficient (Wildman–Crippen LogP) is 0.621. The van der Waals surface area contributed by atoms with Gasteiger partial charge >= 0.3 is 6.09 Å². The molecule has 6 nitrogen and oxygen atoms in total. The van der Waals surface area contributed by atoms with Crippen molar-refractivity contribution in [3.63, 3.8) is 0 Å². The molecule has 0 aromatic carbocycles. The Morgan fingerprint density at radius 1 is 1.06 bits per heavy atom. The molecule has 0 heterocycles. The molecule has 1 amide bonds. The van der Waals surface area contributed by atoms with Crippen molar-refractivity contribution in [3.8, 4) is 0 Å². The van der Waals surface area contributed by atoms with Crippen LogP contribution in [-0.2, 0) is 14.2 Å². The van der Waals surface area contributed by atoms with Gasteiger partial charge in [-0.1, -0.05) is 13.8 Å². The SMILES string of the molecule is CNCCOCCOCCNC(=O)OCC(C)C. The summed E-state index contributed by atoms with van der Waals surface area (Å²) in [6.07, 6.45) is -0.391. The first-order valence-electron chi connectivity index (χ1n) is 6.37. The molecule has 0 saturated carbocycles. The average molecular weight is 262 g/mol. The number of hydrogen-bond acceptors (Lipinski definition) is 5. The normalized spacial score (nSPS) is 10.7. The molecule has 0 rings (SSSR count). The van der Waals surface area contributed by atoms with E-state index < -0.39 is 6.09 Å². The molecule has 2 N–H and O–H groups in total. The molecule has 0 aliphatic rings. The lowest BCUT2D eigenvalue weighted by molar-refractivity contribution is 0.0496. The number of nitrogens with one attached hydrogen (secondary N) is 2. The molecule has 0 radical (unpaired) electrons. The van der Waals surface area contributed by atoms with Crippen LogP contribution in [0.15, 0.2) is 0 Å². The van der Waals surface area contributed by atoms with E-state index in [9.17, 15) is 4.79 Å². The van der Waals surface area contributed by atoms with Gasteiger partial charge in [-0.05, 0) is 13.0 Å². The lowest BCUT2D eigenvalue weighted by atomic mass is 10.2. The molecule has 0 fully saturated rings. The Hall–Kier alpha value is -0.850. The number of likely N-dealkylation sites (N-methyl/N-ethyl adjacent to an activating group) is 1. The number of amides is 1. The van der Waals surface area contributed by atoms with Crippen LogP contribution >= 0.6 is 0 Å². The second kappa shape index (κ2) is 12.6. The Balaban J connectivity index is 3.12. The van der Waals surface area contributed by atoms with Crippen LogP contribution in [0.3, 0.4) is 0 Å². The highest BCUT2D eigenvalue weighted by molar-refractivity contribution is 5.67. The molecule has 0 aliphatic heterocycles. The molecule has 0 unspecified atom stereocenters. The van der Waals surface area contributed by atoms with Crippen LogP contribution < -0.4 is 10.6 Å². The van der Waals surface area contributed by atoms with Crippen LogP contribution in [0.2, 0.25) is 0 Å². The third-order valence-electron chi connectivity index (χ3n) is 1.93. The van der Waals surface area contributed by atoms with Crippen molar-refractivity contribution in [2.45, 2.75) is 13.8 Å². The minimum Gasteiger partial charge on any atom is -0.449 e. The fourth-order valence-electron chi connectivity index (χ4n) is 1.01. The first kappa shape index (κ1) is 17.2. The third-order valence-corrected chi connectivity index (χ3v) is 1.93.